The normalized spacial score (nSPS) is 22.1. The fraction of sp³-hybridized carbons (Fsp3) is 0.733. The van der Waals surface area contributed by atoms with Gasteiger partial charge in [0.05, 0.1) is 0 Å². The minimum Gasteiger partial charge on any atom is -0.355 e. The van der Waals surface area contributed by atoms with E-state index in [-0.39, 0.29) is 0 Å². The van der Waals surface area contributed by atoms with Crippen molar-refractivity contribution in [2.45, 2.75) is 32.1 Å². The maximum Gasteiger partial charge on any atom is 0.132 e. The molecule has 0 atom stereocenters. The summed E-state index contributed by atoms with van der Waals surface area (Å²) in [6.45, 7) is 4.51. The van der Waals surface area contributed by atoms with Crippen LogP contribution in [0.15, 0.2) is 12.4 Å². The molecule has 0 unspecified atom stereocenters. The smallest absolute Gasteiger partial charge is 0.132 e. The average Bonchev–Trinajstić information content (AvgIpc) is 2.59. The van der Waals surface area contributed by atoms with Gasteiger partial charge in [-0.3, -0.25) is 0 Å². The minimum absolute atomic E-state index is 0.873. The van der Waals surface area contributed by atoms with E-state index in [1.54, 1.807) is 6.33 Å². The predicted octanol–water partition coefficient (Wildman–Crippen LogP) is 1.96. The van der Waals surface area contributed by atoms with E-state index in [2.05, 4.69) is 32.9 Å². The summed E-state index contributed by atoms with van der Waals surface area (Å²) >= 11 is 0. The number of rotatable bonds is 3. The van der Waals surface area contributed by atoms with Crippen LogP contribution in [0.5, 0.6) is 0 Å². The van der Waals surface area contributed by atoms with Gasteiger partial charge in [0.1, 0.15) is 12.1 Å². The molecule has 0 radical (unpaired) electrons. The van der Waals surface area contributed by atoms with Crippen LogP contribution >= 0.6 is 0 Å². The molecule has 0 amide bonds. The molecule has 2 heterocycles. The van der Waals surface area contributed by atoms with Crippen LogP contribution in [0.1, 0.15) is 31.4 Å². The fourth-order valence-electron chi connectivity index (χ4n) is 2.94. The largest absolute Gasteiger partial charge is 0.355 e. The van der Waals surface area contributed by atoms with E-state index in [4.69, 9.17) is 0 Å². The molecular weight excluding hydrogens is 236 g/mol. The van der Waals surface area contributed by atoms with E-state index < -0.39 is 0 Å². The first kappa shape index (κ1) is 12.9. The Bertz CT molecular complexity index is 416. The van der Waals surface area contributed by atoms with E-state index in [0.717, 1.165) is 37.8 Å². The molecule has 1 saturated heterocycles. The third-order valence-electron chi connectivity index (χ3n) is 4.48. The van der Waals surface area contributed by atoms with Crippen molar-refractivity contribution in [1.82, 2.24) is 14.9 Å². The minimum atomic E-state index is 0.873. The molecule has 1 aliphatic heterocycles. The van der Waals surface area contributed by atoms with Gasteiger partial charge in [-0.25, -0.2) is 9.97 Å². The quantitative estimate of drug-likeness (QED) is 0.831. The number of nitrogens with zero attached hydrogens (tertiary/aromatic N) is 4. The molecule has 104 valence electrons. The summed E-state index contributed by atoms with van der Waals surface area (Å²) in [7, 11) is 2.20. The SMILES string of the molecule is CN1CCCN(c2cc(CC3CCC3)ncn2)CC1. The summed E-state index contributed by atoms with van der Waals surface area (Å²) in [6, 6.07) is 2.21. The van der Waals surface area contributed by atoms with Gasteiger partial charge in [-0.1, -0.05) is 19.3 Å². The Morgan fingerprint density at radius 2 is 2.00 bits per heavy atom. The zero-order chi connectivity index (χ0) is 13.1. The Balaban J connectivity index is 1.67. The van der Waals surface area contributed by atoms with Crippen LogP contribution < -0.4 is 4.90 Å². The Hall–Kier alpha value is -1.16. The van der Waals surface area contributed by atoms with Gasteiger partial charge in [-0.15, -0.1) is 0 Å². The Morgan fingerprint density at radius 3 is 2.79 bits per heavy atom. The van der Waals surface area contributed by atoms with Gasteiger partial charge in [0.25, 0.3) is 0 Å². The van der Waals surface area contributed by atoms with Crippen LogP contribution in [0.2, 0.25) is 0 Å². The number of hydrogen-bond donors (Lipinski definition) is 0. The van der Waals surface area contributed by atoms with E-state index in [1.807, 2.05) is 0 Å². The molecule has 1 aliphatic carbocycles. The second kappa shape index (κ2) is 5.87. The molecule has 0 N–H and O–H groups in total. The van der Waals surface area contributed by atoms with E-state index in [9.17, 15) is 0 Å². The summed E-state index contributed by atoms with van der Waals surface area (Å²) < 4.78 is 0. The van der Waals surface area contributed by atoms with Crippen LogP contribution in [-0.4, -0.2) is 48.1 Å². The molecule has 1 aromatic rings. The summed E-state index contributed by atoms with van der Waals surface area (Å²) in [5, 5.41) is 0. The molecule has 1 saturated carbocycles. The van der Waals surface area contributed by atoms with Crippen molar-refractivity contribution in [3.8, 4) is 0 Å². The van der Waals surface area contributed by atoms with Gasteiger partial charge in [0, 0.05) is 31.4 Å². The summed E-state index contributed by atoms with van der Waals surface area (Å²) in [6.07, 6.45) is 8.28. The molecule has 4 heteroatoms. The third kappa shape index (κ3) is 3.24. The van der Waals surface area contributed by atoms with Crippen molar-refractivity contribution < 1.29 is 0 Å². The van der Waals surface area contributed by atoms with Crippen LogP contribution in [0.3, 0.4) is 0 Å². The zero-order valence-corrected chi connectivity index (χ0v) is 11.9. The first-order valence-electron chi connectivity index (χ1n) is 7.55. The van der Waals surface area contributed by atoms with Crippen molar-refractivity contribution in [2.24, 2.45) is 5.92 Å². The molecular formula is C15H24N4. The first-order valence-corrected chi connectivity index (χ1v) is 7.55. The summed E-state index contributed by atoms with van der Waals surface area (Å²) in [5.41, 5.74) is 1.23. The van der Waals surface area contributed by atoms with Crippen molar-refractivity contribution in [2.75, 3.05) is 38.1 Å². The zero-order valence-electron chi connectivity index (χ0n) is 11.9. The highest BCUT2D eigenvalue weighted by Gasteiger charge is 2.19. The Kier molecular flexibility index (Phi) is 3.97. The lowest BCUT2D eigenvalue weighted by Crippen LogP contribution is -2.29. The lowest BCUT2D eigenvalue weighted by atomic mass is 9.82. The van der Waals surface area contributed by atoms with E-state index >= 15 is 0 Å². The summed E-state index contributed by atoms with van der Waals surface area (Å²) in [4.78, 5) is 13.7. The third-order valence-corrected chi connectivity index (χ3v) is 4.48. The maximum atomic E-state index is 4.48. The Labute approximate surface area is 115 Å². The molecule has 2 fully saturated rings. The molecule has 3 rings (SSSR count). The van der Waals surface area contributed by atoms with Crippen LogP contribution in [-0.2, 0) is 6.42 Å². The van der Waals surface area contributed by atoms with Gasteiger partial charge >= 0.3 is 0 Å². The highest BCUT2D eigenvalue weighted by molar-refractivity contribution is 5.39. The van der Waals surface area contributed by atoms with Crippen LogP contribution in [0.4, 0.5) is 5.82 Å². The van der Waals surface area contributed by atoms with E-state index in [0.29, 0.717) is 0 Å². The monoisotopic (exact) mass is 260 g/mol. The molecule has 0 bridgehead atoms. The van der Waals surface area contributed by atoms with Crippen LogP contribution in [0.25, 0.3) is 0 Å². The van der Waals surface area contributed by atoms with Crippen molar-refractivity contribution in [1.29, 1.82) is 0 Å². The second-order valence-corrected chi connectivity index (χ2v) is 6.01. The number of aromatic nitrogens is 2. The number of anilines is 1. The van der Waals surface area contributed by atoms with Gasteiger partial charge in [0.2, 0.25) is 0 Å². The van der Waals surface area contributed by atoms with Crippen molar-refractivity contribution in [3.63, 3.8) is 0 Å². The number of hydrogen-bond acceptors (Lipinski definition) is 4. The Morgan fingerprint density at radius 1 is 1.11 bits per heavy atom. The standard InChI is InChI=1S/C15H24N4/c1-18-6-3-7-19(9-8-18)15-11-14(16-12-17-15)10-13-4-2-5-13/h11-13H,2-10H2,1H3. The molecule has 0 spiro atoms. The predicted molar refractivity (Wildman–Crippen MR) is 77.4 cm³/mol. The van der Waals surface area contributed by atoms with Gasteiger partial charge in [0.15, 0.2) is 0 Å². The molecule has 2 aliphatic rings. The topological polar surface area (TPSA) is 32.3 Å². The van der Waals surface area contributed by atoms with Crippen molar-refractivity contribution >= 4 is 5.82 Å². The molecule has 1 aromatic heterocycles. The summed E-state index contributed by atoms with van der Waals surface area (Å²) in [5.74, 6) is 2.00. The molecule has 4 nitrogen and oxygen atoms in total. The molecule has 19 heavy (non-hydrogen) atoms. The first-order chi connectivity index (χ1) is 9.31. The van der Waals surface area contributed by atoms with Gasteiger partial charge in [-0.05, 0) is 32.4 Å². The van der Waals surface area contributed by atoms with Crippen molar-refractivity contribution in [3.05, 3.63) is 18.1 Å². The lowest BCUT2D eigenvalue weighted by Gasteiger charge is -2.26. The average molecular weight is 260 g/mol. The second-order valence-electron chi connectivity index (χ2n) is 6.01. The van der Waals surface area contributed by atoms with Crippen LogP contribution in [0, 0.1) is 5.92 Å². The van der Waals surface area contributed by atoms with Gasteiger partial charge < -0.3 is 9.80 Å². The fourth-order valence-corrected chi connectivity index (χ4v) is 2.94. The molecule has 0 aromatic carbocycles. The number of likely N-dealkylation sites (N-methyl/N-ethyl adjacent to an activating group) is 1. The maximum absolute atomic E-state index is 4.48. The van der Waals surface area contributed by atoms with E-state index in [1.165, 1.54) is 37.9 Å². The lowest BCUT2D eigenvalue weighted by molar-refractivity contribution is 0.312. The van der Waals surface area contributed by atoms with Gasteiger partial charge in [-0.2, -0.15) is 0 Å². The highest BCUT2D eigenvalue weighted by atomic mass is 15.2. The highest BCUT2D eigenvalue weighted by Crippen LogP contribution is 2.29.